The second-order valence-corrected chi connectivity index (χ2v) is 4.19. The Hall–Kier alpha value is -2.49. The molecule has 2 rings (SSSR count). The summed E-state index contributed by atoms with van der Waals surface area (Å²) in [4.78, 5) is 10.7. The zero-order valence-corrected chi connectivity index (χ0v) is 10.7. The highest BCUT2D eigenvalue weighted by Crippen LogP contribution is 2.22. The van der Waals surface area contributed by atoms with Crippen LogP contribution in [0.15, 0.2) is 48.5 Å². The van der Waals surface area contributed by atoms with E-state index in [4.69, 9.17) is 10.5 Å². The number of benzene rings is 2. The van der Waals surface area contributed by atoms with Gasteiger partial charge in [0.1, 0.15) is 6.61 Å². The Balaban J connectivity index is 2.03. The van der Waals surface area contributed by atoms with E-state index in [0.717, 1.165) is 16.9 Å². The zero-order chi connectivity index (χ0) is 13.7. The van der Waals surface area contributed by atoms with Gasteiger partial charge in [-0.3, -0.25) is 4.79 Å². The van der Waals surface area contributed by atoms with E-state index in [1.807, 2.05) is 48.5 Å². The van der Waals surface area contributed by atoms with Crippen LogP contribution in [0.3, 0.4) is 0 Å². The minimum absolute atomic E-state index is 0.278. The summed E-state index contributed by atoms with van der Waals surface area (Å²) < 4.78 is 4.93. The SMILES string of the molecule is CC(=O)OCc1ccc(Nc2ccccc2N)cc1. The fraction of sp³-hybridized carbons (Fsp3) is 0.133. The van der Waals surface area contributed by atoms with Gasteiger partial charge in [0.15, 0.2) is 0 Å². The van der Waals surface area contributed by atoms with Crippen molar-refractivity contribution in [2.24, 2.45) is 0 Å². The molecule has 0 bridgehead atoms. The highest BCUT2D eigenvalue weighted by atomic mass is 16.5. The van der Waals surface area contributed by atoms with Crippen molar-refractivity contribution in [1.82, 2.24) is 0 Å². The lowest BCUT2D eigenvalue weighted by Crippen LogP contribution is -1.99. The number of esters is 1. The van der Waals surface area contributed by atoms with E-state index >= 15 is 0 Å². The molecule has 0 saturated heterocycles. The molecule has 0 aliphatic heterocycles. The van der Waals surface area contributed by atoms with Gasteiger partial charge in [-0.05, 0) is 29.8 Å². The van der Waals surface area contributed by atoms with Crippen LogP contribution in [0.2, 0.25) is 0 Å². The quantitative estimate of drug-likeness (QED) is 0.651. The van der Waals surface area contributed by atoms with Crippen molar-refractivity contribution < 1.29 is 9.53 Å². The molecule has 0 saturated carbocycles. The van der Waals surface area contributed by atoms with E-state index in [0.29, 0.717) is 12.3 Å². The van der Waals surface area contributed by atoms with Crippen LogP contribution in [-0.4, -0.2) is 5.97 Å². The average molecular weight is 256 g/mol. The summed E-state index contributed by atoms with van der Waals surface area (Å²) >= 11 is 0. The third-order valence-electron chi connectivity index (χ3n) is 2.64. The molecule has 3 N–H and O–H groups in total. The smallest absolute Gasteiger partial charge is 0.302 e. The van der Waals surface area contributed by atoms with Crippen molar-refractivity contribution in [2.45, 2.75) is 13.5 Å². The molecule has 2 aromatic carbocycles. The van der Waals surface area contributed by atoms with Crippen LogP contribution < -0.4 is 11.1 Å². The lowest BCUT2D eigenvalue weighted by Gasteiger charge is -2.09. The third-order valence-corrected chi connectivity index (χ3v) is 2.64. The number of nitrogens with two attached hydrogens (primary N) is 1. The molecule has 4 nitrogen and oxygen atoms in total. The standard InChI is InChI=1S/C15H16N2O2/c1-11(18)19-10-12-6-8-13(9-7-12)17-15-5-3-2-4-14(15)16/h2-9,17H,10,16H2,1H3. The first-order valence-corrected chi connectivity index (χ1v) is 5.99. The maximum Gasteiger partial charge on any atom is 0.302 e. The fourth-order valence-electron chi connectivity index (χ4n) is 1.64. The van der Waals surface area contributed by atoms with Crippen LogP contribution in [0.4, 0.5) is 17.1 Å². The maximum absolute atomic E-state index is 10.7. The van der Waals surface area contributed by atoms with E-state index in [1.54, 1.807) is 0 Å². The first-order valence-electron chi connectivity index (χ1n) is 5.99. The van der Waals surface area contributed by atoms with Crippen molar-refractivity contribution in [3.63, 3.8) is 0 Å². The van der Waals surface area contributed by atoms with E-state index in [2.05, 4.69) is 5.32 Å². The summed E-state index contributed by atoms with van der Waals surface area (Å²) in [6, 6.07) is 15.2. The molecule has 0 amide bonds. The van der Waals surface area contributed by atoms with Crippen LogP contribution in [0.5, 0.6) is 0 Å². The predicted molar refractivity (Wildman–Crippen MR) is 76.0 cm³/mol. The number of para-hydroxylation sites is 2. The Kier molecular flexibility index (Phi) is 4.03. The molecule has 0 atom stereocenters. The summed E-state index contributed by atoms with van der Waals surface area (Å²) in [5.41, 5.74) is 9.31. The summed E-state index contributed by atoms with van der Waals surface area (Å²) in [7, 11) is 0. The van der Waals surface area contributed by atoms with Gasteiger partial charge in [0.2, 0.25) is 0 Å². The van der Waals surface area contributed by atoms with Crippen molar-refractivity contribution in [3.8, 4) is 0 Å². The number of ether oxygens (including phenoxy) is 1. The molecule has 0 radical (unpaired) electrons. The first-order chi connectivity index (χ1) is 9.15. The Labute approximate surface area is 112 Å². The van der Waals surface area contributed by atoms with Gasteiger partial charge in [0.05, 0.1) is 11.4 Å². The minimum atomic E-state index is -0.278. The number of hydrogen-bond donors (Lipinski definition) is 2. The molecule has 0 aromatic heterocycles. The largest absolute Gasteiger partial charge is 0.461 e. The number of hydrogen-bond acceptors (Lipinski definition) is 4. The molecule has 0 unspecified atom stereocenters. The molecule has 2 aromatic rings. The number of carbonyl (C=O) groups is 1. The third kappa shape index (κ3) is 3.74. The average Bonchev–Trinajstić information content (AvgIpc) is 2.40. The van der Waals surface area contributed by atoms with E-state index in [1.165, 1.54) is 6.92 Å². The van der Waals surface area contributed by atoms with E-state index in [-0.39, 0.29) is 5.97 Å². The summed E-state index contributed by atoms with van der Waals surface area (Å²) in [5, 5.41) is 3.23. The van der Waals surface area contributed by atoms with Gasteiger partial charge in [-0.15, -0.1) is 0 Å². The molecule has 0 aliphatic rings. The normalized spacial score (nSPS) is 9.95. The summed E-state index contributed by atoms with van der Waals surface area (Å²) in [6.07, 6.45) is 0. The van der Waals surface area contributed by atoms with Crippen molar-refractivity contribution >= 4 is 23.0 Å². The van der Waals surface area contributed by atoms with Crippen LogP contribution >= 0.6 is 0 Å². The maximum atomic E-state index is 10.7. The topological polar surface area (TPSA) is 64.3 Å². The Morgan fingerprint density at radius 3 is 2.47 bits per heavy atom. The summed E-state index contributed by atoms with van der Waals surface area (Å²) in [6.45, 7) is 1.69. The Morgan fingerprint density at radius 2 is 1.84 bits per heavy atom. The van der Waals surface area contributed by atoms with Gasteiger partial charge in [-0.2, -0.15) is 0 Å². The molecular weight excluding hydrogens is 240 g/mol. The fourth-order valence-corrected chi connectivity index (χ4v) is 1.64. The van der Waals surface area contributed by atoms with Crippen molar-refractivity contribution in [3.05, 3.63) is 54.1 Å². The predicted octanol–water partition coefficient (Wildman–Crippen LogP) is 3.08. The number of rotatable bonds is 4. The van der Waals surface area contributed by atoms with Crippen LogP contribution in [0.1, 0.15) is 12.5 Å². The van der Waals surface area contributed by atoms with Crippen molar-refractivity contribution in [1.29, 1.82) is 0 Å². The van der Waals surface area contributed by atoms with Gasteiger partial charge in [-0.25, -0.2) is 0 Å². The van der Waals surface area contributed by atoms with Crippen LogP contribution in [0.25, 0.3) is 0 Å². The van der Waals surface area contributed by atoms with Crippen molar-refractivity contribution in [2.75, 3.05) is 11.1 Å². The molecule has 0 heterocycles. The molecule has 4 heteroatoms. The molecular formula is C15H16N2O2. The van der Waals surface area contributed by atoms with Crippen LogP contribution in [0, 0.1) is 0 Å². The van der Waals surface area contributed by atoms with Gasteiger partial charge in [0, 0.05) is 12.6 Å². The van der Waals surface area contributed by atoms with Gasteiger partial charge < -0.3 is 15.8 Å². The van der Waals surface area contributed by atoms with E-state index < -0.39 is 0 Å². The van der Waals surface area contributed by atoms with Crippen LogP contribution in [-0.2, 0) is 16.1 Å². The minimum Gasteiger partial charge on any atom is -0.461 e. The lowest BCUT2D eigenvalue weighted by molar-refractivity contribution is -0.142. The zero-order valence-electron chi connectivity index (χ0n) is 10.7. The number of nitrogen functional groups attached to an aromatic ring is 1. The first kappa shape index (κ1) is 13.0. The molecule has 19 heavy (non-hydrogen) atoms. The molecule has 98 valence electrons. The van der Waals surface area contributed by atoms with Gasteiger partial charge in [-0.1, -0.05) is 24.3 Å². The number of nitrogens with one attached hydrogen (secondary N) is 1. The Bertz CT molecular complexity index is 565. The highest BCUT2D eigenvalue weighted by Gasteiger charge is 2.00. The summed E-state index contributed by atoms with van der Waals surface area (Å²) in [5.74, 6) is -0.278. The van der Waals surface area contributed by atoms with Gasteiger partial charge in [0.25, 0.3) is 0 Å². The number of anilines is 3. The van der Waals surface area contributed by atoms with Gasteiger partial charge >= 0.3 is 5.97 Å². The molecule has 0 spiro atoms. The van der Waals surface area contributed by atoms with E-state index in [9.17, 15) is 4.79 Å². The second kappa shape index (κ2) is 5.91. The molecule has 0 fully saturated rings. The second-order valence-electron chi connectivity index (χ2n) is 4.19. The number of carbonyl (C=O) groups excluding carboxylic acids is 1. The monoisotopic (exact) mass is 256 g/mol. The lowest BCUT2D eigenvalue weighted by atomic mass is 10.2. The Morgan fingerprint density at radius 1 is 1.16 bits per heavy atom. The highest BCUT2D eigenvalue weighted by molar-refractivity contribution is 5.72. The molecule has 0 aliphatic carbocycles.